The minimum absolute atomic E-state index is 0.0434. The lowest BCUT2D eigenvalue weighted by Gasteiger charge is -2.36. The Morgan fingerprint density at radius 3 is 2.62 bits per heavy atom. The molecule has 32 heavy (non-hydrogen) atoms. The Kier molecular flexibility index (Phi) is 6.01. The van der Waals surface area contributed by atoms with E-state index in [9.17, 15) is 24.5 Å². The van der Waals surface area contributed by atoms with Crippen LogP contribution in [0.4, 0.5) is 10.6 Å². The summed E-state index contributed by atoms with van der Waals surface area (Å²) in [7, 11) is 0. The third-order valence-electron chi connectivity index (χ3n) is 5.53. The lowest BCUT2D eigenvalue weighted by atomic mass is 10.0. The van der Waals surface area contributed by atoms with Crippen LogP contribution in [0.5, 0.6) is 0 Å². The highest BCUT2D eigenvalue weighted by atomic mass is 16.6. The molecule has 0 unspecified atom stereocenters. The monoisotopic (exact) mass is 443 g/mol. The second-order valence-electron chi connectivity index (χ2n) is 7.51. The van der Waals surface area contributed by atoms with Gasteiger partial charge in [0.1, 0.15) is 13.2 Å². The van der Waals surface area contributed by atoms with Gasteiger partial charge >= 0.3 is 17.9 Å². The Morgan fingerprint density at radius 2 is 1.97 bits per heavy atom. The van der Waals surface area contributed by atoms with Crippen LogP contribution in [0.2, 0.25) is 0 Å². The summed E-state index contributed by atoms with van der Waals surface area (Å²) < 4.78 is 10.5. The van der Waals surface area contributed by atoms with Crippen LogP contribution in [-0.4, -0.2) is 74.7 Å². The number of nitrogens with one attached hydrogen (secondary N) is 1. The van der Waals surface area contributed by atoms with Crippen molar-refractivity contribution in [3.63, 3.8) is 0 Å². The maximum Gasteiger partial charge on any atom is 0.410 e. The zero-order valence-corrected chi connectivity index (χ0v) is 17.0. The highest BCUT2D eigenvalue weighted by molar-refractivity contribution is 5.93. The molecule has 12 nitrogen and oxygen atoms in total. The first-order chi connectivity index (χ1) is 15.4. The van der Waals surface area contributed by atoms with Gasteiger partial charge in [0, 0.05) is 19.1 Å². The van der Waals surface area contributed by atoms with Gasteiger partial charge < -0.3 is 24.5 Å². The quantitative estimate of drug-likeness (QED) is 0.401. The average Bonchev–Trinajstić information content (AvgIpc) is 3.45. The lowest BCUT2D eigenvalue weighted by molar-refractivity contribution is -0.389. The number of nitro groups is 1. The van der Waals surface area contributed by atoms with Crippen molar-refractivity contribution in [2.75, 3.05) is 19.7 Å². The van der Waals surface area contributed by atoms with E-state index in [0.29, 0.717) is 25.9 Å². The first kappa shape index (κ1) is 21.3. The van der Waals surface area contributed by atoms with Crippen LogP contribution in [0.3, 0.4) is 0 Å². The number of esters is 1. The maximum absolute atomic E-state index is 12.6. The average molecular weight is 443 g/mol. The molecule has 2 fully saturated rings. The van der Waals surface area contributed by atoms with Gasteiger partial charge in [-0.2, -0.15) is 0 Å². The number of carbonyl (C=O) groups is 3. The summed E-state index contributed by atoms with van der Waals surface area (Å²) in [6.07, 6.45) is 0.269. The van der Waals surface area contributed by atoms with Crippen LogP contribution < -0.4 is 0 Å². The molecular weight excluding hydrogens is 422 g/mol. The second-order valence-corrected chi connectivity index (χ2v) is 7.51. The van der Waals surface area contributed by atoms with E-state index < -0.39 is 28.9 Å². The number of rotatable bonds is 6. The number of ether oxygens (including phenoxy) is 2. The fourth-order valence-electron chi connectivity index (χ4n) is 3.87. The van der Waals surface area contributed by atoms with Crippen LogP contribution in [-0.2, 0) is 20.9 Å². The van der Waals surface area contributed by atoms with Crippen molar-refractivity contribution >= 4 is 23.8 Å². The molecule has 168 valence electrons. The summed E-state index contributed by atoms with van der Waals surface area (Å²) in [5, 5.41) is 16.7. The third-order valence-corrected chi connectivity index (χ3v) is 5.53. The highest BCUT2D eigenvalue weighted by Crippen LogP contribution is 2.26. The zero-order valence-electron chi connectivity index (χ0n) is 17.0. The number of aromatic nitrogens is 2. The molecule has 12 heteroatoms. The van der Waals surface area contributed by atoms with E-state index in [-0.39, 0.29) is 30.8 Å². The molecule has 1 aromatic heterocycles. The molecule has 0 bridgehead atoms. The first-order valence-corrected chi connectivity index (χ1v) is 10.1. The fourth-order valence-corrected chi connectivity index (χ4v) is 3.87. The topological polar surface area (TPSA) is 148 Å². The number of piperidine rings is 1. The molecule has 2 aliphatic rings. The number of likely N-dealkylation sites (tertiary alicyclic amines) is 1. The van der Waals surface area contributed by atoms with E-state index in [4.69, 9.17) is 9.47 Å². The first-order valence-electron chi connectivity index (χ1n) is 10.1. The second kappa shape index (κ2) is 9.04. The number of aromatic amines is 1. The minimum Gasteiger partial charge on any atom is -0.459 e. The van der Waals surface area contributed by atoms with Gasteiger partial charge in [0.05, 0.1) is 6.07 Å². The molecule has 4 rings (SSSR count). The van der Waals surface area contributed by atoms with Crippen molar-refractivity contribution in [1.82, 2.24) is 20.0 Å². The number of nitrogens with zero attached hydrogens (tertiary/aromatic N) is 4. The van der Waals surface area contributed by atoms with Crippen LogP contribution >= 0.6 is 0 Å². The van der Waals surface area contributed by atoms with Crippen LogP contribution in [0.15, 0.2) is 36.4 Å². The minimum atomic E-state index is -0.840. The summed E-state index contributed by atoms with van der Waals surface area (Å²) in [5.41, 5.74) is 0.793. The zero-order chi connectivity index (χ0) is 22.7. The number of cyclic esters (lactones) is 1. The Labute approximate surface area is 182 Å². The standard InChI is InChI=1S/C20H21N5O7/c26-18(15-10-17(22-21-15)25(29)30)23-8-6-14(7-9-23)24-16(12-32-20(24)28)19(27)31-11-13-4-2-1-3-5-13/h1-5,10,14,16H,6-9,11-12H2,(H,21,22)/t16-/m0/s1. The van der Waals surface area contributed by atoms with Crippen LogP contribution in [0.25, 0.3) is 0 Å². The molecule has 1 aromatic carbocycles. The SMILES string of the molecule is O=C(OCc1ccccc1)[C@@H]1COC(=O)N1C1CCN(C(=O)c2cc([N+](=O)[O-])[nH]n2)CC1. The van der Waals surface area contributed by atoms with E-state index in [1.54, 1.807) is 0 Å². The van der Waals surface area contributed by atoms with Gasteiger partial charge in [-0.1, -0.05) is 35.4 Å². The molecule has 3 heterocycles. The van der Waals surface area contributed by atoms with Gasteiger partial charge in [-0.05, 0) is 23.3 Å². The number of carbonyl (C=O) groups excluding carboxylic acids is 3. The largest absolute Gasteiger partial charge is 0.459 e. The Hall–Kier alpha value is -3.96. The summed E-state index contributed by atoms with van der Waals surface area (Å²) >= 11 is 0. The van der Waals surface area contributed by atoms with Crippen molar-refractivity contribution in [1.29, 1.82) is 0 Å². The highest BCUT2D eigenvalue weighted by Gasteiger charge is 2.44. The van der Waals surface area contributed by atoms with E-state index in [0.717, 1.165) is 11.6 Å². The molecule has 2 aliphatic heterocycles. The van der Waals surface area contributed by atoms with Gasteiger partial charge in [-0.15, -0.1) is 5.10 Å². The van der Waals surface area contributed by atoms with Crippen molar-refractivity contribution in [3.8, 4) is 0 Å². The Bertz CT molecular complexity index is 1020. The van der Waals surface area contributed by atoms with Gasteiger partial charge in [-0.3, -0.25) is 9.69 Å². The number of hydrogen-bond acceptors (Lipinski definition) is 8. The molecule has 1 N–H and O–H groups in total. The Balaban J connectivity index is 1.34. The predicted molar refractivity (Wildman–Crippen MR) is 107 cm³/mol. The van der Waals surface area contributed by atoms with Crippen molar-refractivity contribution in [2.24, 2.45) is 0 Å². The van der Waals surface area contributed by atoms with Gasteiger partial charge in [0.2, 0.25) is 0 Å². The number of amides is 2. The van der Waals surface area contributed by atoms with Gasteiger partial charge in [0.25, 0.3) is 5.91 Å². The molecule has 2 aromatic rings. The summed E-state index contributed by atoms with van der Waals surface area (Å²) in [6.45, 7) is 0.628. The molecule has 2 saturated heterocycles. The molecule has 0 saturated carbocycles. The summed E-state index contributed by atoms with van der Waals surface area (Å²) in [5.74, 6) is -1.34. The van der Waals surface area contributed by atoms with Crippen molar-refractivity contribution < 1.29 is 28.8 Å². The van der Waals surface area contributed by atoms with E-state index in [1.165, 1.54) is 9.80 Å². The number of H-pyrrole nitrogens is 1. The third kappa shape index (κ3) is 4.38. The Morgan fingerprint density at radius 1 is 1.25 bits per heavy atom. The maximum atomic E-state index is 12.6. The van der Waals surface area contributed by atoms with Crippen molar-refractivity contribution in [3.05, 3.63) is 57.8 Å². The van der Waals surface area contributed by atoms with Crippen LogP contribution in [0, 0.1) is 10.1 Å². The molecule has 0 aliphatic carbocycles. The predicted octanol–water partition coefficient (Wildman–Crippen LogP) is 1.49. The number of benzene rings is 1. The van der Waals surface area contributed by atoms with Crippen molar-refractivity contribution in [2.45, 2.75) is 31.5 Å². The summed E-state index contributed by atoms with van der Waals surface area (Å²) in [6, 6.07) is 9.17. The number of hydrogen-bond donors (Lipinski definition) is 1. The van der Waals surface area contributed by atoms with E-state index in [2.05, 4.69) is 10.2 Å². The lowest BCUT2D eigenvalue weighted by Crippen LogP contribution is -2.52. The molecule has 0 radical (unpaired) electrons. The fraction of sp³-hybridized carbons (Fsp3) is 0.400. The molecular formula is C20H21N5O7. The smallest absolute Gasteiger partial charge is 0.410 e. The van der Waals surface area contributed by atoms with E-state index >= 15 is 0 Å². The normalized spacial score (nSPS) is 19.0. The van der Waals surface area contributed by atoms with Gasteiger partial charge in [0.15, 0.2) is 11.7 Å². The molecule has 1 atom stereocenters. The summed E-state index contributed by atoms with van der Waals surface area (Å²) in [4.78, 5) is 50.5. The molecule has 0 spiro atoms. The molecule has 2 amide bonds. The van der Waals surface area contributed by atoms with Crippen LogP contribution in [0.1, 0.15) is 28.9 Å². The van der Waals surface area contributed by atoms with E-state index in [1.807, 2.05) is 30.3 Å². The van der Waals surface area contributed by atoms with Gasteiger partial charge in [-0.25, -0.2) is 9.59 Å².